The average Bonchev–Trinajstić information content (AvgIpc) is 2.49. The number of carbonyl (C=O) groups excluding carboxylic acids is 1. The van der Waals surface area contributed by atoms with E-state index in [1.807, 2.05) is 0 Å². The Labute approximate surface area is 90.3 Å². The van der Waals surface area contributed by atoms with Gasteiger partial charge in [-0.2, -0.15) is 13.2 Å². The zero-order chi connectivity index (χ0) is 12.3. The summed E-state index contributed by atoms with van der Waals surface area (Å²) in [6, 6.07) is 0. The maximum atomic E-state index is 12.2. The molecule has 90 valence electrons. The summed E-state index contributed by atoms with van der Waals surface area (Å²) in [5.74, 6) is -1.54. The van der Waals surface area contributed by atoms with Crippen LogP contribution in [0.5, 0.6) is 0 Å². The van der Waals surface area contributed by atoms with E-state index >= 15 is 0 Å². The molecule has 0 radical (unpaired) electrons. The lowest BCUT2D eigenvalue weighted by Crippen LogP contribution is -2.25. The van der Waals surface area contributed by atoms with Gasteiger partial charge in [0.1, 0.15) is 5.82 Å². The van der Waals surface area contributed by atoms with E-state index in [-0.39, 0.29) is 5.82 Å². The second kappa shape index (κ2) is 4.54. The Bertz CT molecular complexity index is 372. The monoisotopic (exact) mass is 235 g/mol. The fourth-order valence-electron chi connectivity index (χ4n) is 1.07. The Hall–Kier alpha value is -1.53. The van der Waals surface area contributed by atoms with Gasteiger partial charge >= 0.3 is 6.18 Å². The molecule has 0 saturated carbocycles. The molecule has 2 N–H and O–H groups in total. The molecule has 4 nitrogen and oxygen atoms in total. The molecule has 0 spiro atoms. The van der Waals surface area contributed by atoms with Gasteiger partial charge in [-0.1, -0.05) is 6.92 Å². The Balaban J connectivity index is 2.48. The third kappa shape index (κ3) is 3.56. The summed E-state index contributed by atoms with van der Waals surface area (Å²) in [6.07, 6.45) is -3.53. The van der Waals surface area contributed by atoms with Crippen molar-refractivity contribution in [2.75, 3.05) is 5.32 Å². The van der Waals surface area contributed by atoms with Crippen molar-refractivity contribution >= 4 is 11.7 Å². The van der Waals surface area contributed by atoms with Crippen molar-refractivity contribution in [2.45, 2.75) is 26.4 Å². The first-order valence-electron chi connectivity index (χ1n) is 4.67. The van der Waals surface area contributed by atoms with E-state index in [1.165, 1.54) is 6.20 Å². The molecule has 1 amide bonds. The van der Waals surface area contributed by atoms with Crippen LogP contribution in [0.25, 0.3) is 0 Å². The van der Waals surface area contributed by atoms with E-state index in [0.717, 1.165) is 6.92 Å². The summed E-state index contributed by atoms with van der Waals surface area (Å²) in [7, 11) is 0. The van der Waals surface area contributed by atoms with E-state index in [9.17, 15) is 18.0 Å². The van der Waals surface area contributed by atoms with Crippen molar-refractivity contribution < 1.29 is 18.0 Å². The molecular formula is C9H12F3N3O. The van der Waals surface area contributed by atoms with Crippen molar-refractivity contribution in [1.82, 2.24) is 9.97 Å². The van der Waals surface area contributed by atoms with Crippen LogP contribution in [0.2, 0.25) is 0 Å². The first-order chi connectivity index (χ1) is 7.29. The van der Waals surface area contributed by atoms with E-state index in [2.05, 4.69) is 15.3 Å². The lowest BCUT2D eigenvalue weighted by atomic mass is 10.1. The minimum Gasteiger partial charge on any atom is -0.347 e. The Morgan fingerprint density at radius 2 is 2.25 bits per heavy atom. The molecule has 1 atom stereocenters. The first-order valence-corrected chi connectivity index (χ1v) is 4.67. The number of hydrogen-bond acceptors (Lipinski definition) is 2. The highest BCUT2D eigenvalue weighted by Gasteiger charge is 2.37. The van der Waals surface area contributed by atoms with E-state index in [4.69, 9.17) is 0 Å². The summed E-state index contributed by atoms with van der Waals surface area (Å²) in [4.78, 5) is 17.8. The van der Waals surface area contributed by atoms with Crippen LogP contribution >= 0.6 is 0 Å². The van der Waals surface area contributed by atoms with E-state index < -0.39 is 24.4 Å². The molecule has 0 aliphatic heterocycles. The van der Waals surface area contributed by atoms with Gasteiger partial charge in [-0.05, 0) is 6.92 Å². The summed E-state index contributed by atoms with van der Waals surface area (Å²) >= 11 is 0. The minimum atomic E-state index is -4.35. The van der Waals surface area contributed by atoms with Gasteiger partial charge in [0.05, 0.1) is 5.92 Å². The zero-order valence-electron chi connectivity index (χ0n) is 8.85. The molecule has 1 aromatic heterocycles. The van der Waals surface area contributed by atoms with Gasteiger partial charge in [0.25, 0.3) is 0 Å². The molecule has 1 aromatic rings. The van der Waals surface area contributed by atoms with Crippen LogP contribution in [0, 0.1) is 12.8 Å². The summed E-state index contributed by atoms with van der Waals surface area (Å²) in [6.45, 7) is 2.64. The van der Waals surface area contributed by atoms with E-state index in [1.54, 1.807) is 6.92 Å². The fourth-order valence-corrected chi connectivity index (χ4v) is 1.07. The molecule has 0 fully saturated rings. The molecule has 0 saturated heterocycles. The molecule has 1 unspecified atom stereocenters. The number of nitrogens with zero attached hydrogens (tertiary/aromatic N) is 1. The summed E-state index contributed by atoms with van der Waals surface area (Å²) < 4.78 is 36.5. The number of aromatic nitrogens is 2. The topological polar surface area (TPSA) is 57.8 Å². The Morgan fingerprint density at radius 1 is 1.62 bits per heavy atom. The number of amides is 1. The highest BCUT2D eigenvalue weighted by molar-refractivity contribution is 5.89. The van der Waals surface area contributed by atoms with E-state index in [0.29, 0.717) is 5.82 Å². The van der Waals surface area contributed by atoms with Crippen molar-refractivity contribution in [3.63, 3.8) is 0 Å². The van der Waals surface area contributed by atoms with Gasteiger partial charge in [0.2, 0.25) is 5.91 Å². The molecule has 7 heteroatoms. The van der Waals surface area contributed by atoms with Gasteiger partial charge in [-0.3, -0.25) is 4.79 Å². The zero-order valence-corrected chi connectivity index (χ0v) is 8.85. The second-order valence-corrected chi connectivity index (χ2v) is 3.57. The highest BCUT2D eigenvalue weighted by Crippen LogP contribution is 2.28. The minimum absolute atomic E-state index is 0.233. The summed E-state index contributed by atoms with van der Waals surface area (Å²) in [5, 5.41) is 2.28. The lowest BCUT2D eigenvalue weighted by molar-refractivity contribution is -0.173. The largest absolute Gasteiger partial charge is 0.392 e. The van der Waals surface area contributed by atoms with Crippen molar-refractivity contribution in [2.24, 2.45) is 5.92 Å². The second-order valence-electron chi connectivity index (χ2n) is 3.57. The number of aromatic amines is 1. The van der Waals surface area contributed by atoms with Gasteiger partial charge in [0.15, 0.2) is 5.82 Å². The standard InChI is InChI=1S/C9H12F3N3O/c1-5(9(10,11)12)3-8(16)15-7-4-13-6(2)14-7/h4-5H,3H2,1-2H3,(H,13,14)(H,15,16). The molecule has 0 aliphatic carbocycles. The first kappa shape index (κ1) is 12.5. The Kier molecular flexibility index (Phi) is 3.56. The average molecular weight is 235 g/mol. The number of aryl methyl sites for hydroxylation is 1. The smallest absolute Gasteiger partial charge is 0.347 e. The maximum Gasteiger partial charge on any atom is 0.392 e. The normalized spacial score (nSPS) is 13.6. The van der Waals surface area contributed by atoms with Crippen molar-refractivity contribution in [3.05, 3.63) is 12.0 Å². The number of hydrogen-bond donors (Lipinski definition) is 2. The highest BCUT2D eigenvalue weighted by atomic mass is 19.4. The number of carbonyl (C=O) groups is 1. The molecule has 1 heterocycles. The van der Waals surface area contributed by atoms with Crippen LogP contribution in [-0.2, 0) is 4.79 Å². The number of nitrogens with one attached hydrogen (secondary N) is 2. The molecule has 1 rings (SSSR count). The molecule has 0 bridgehead atoms. The predicted octanol–water partition coefficient (Wildman–Crippen LogP) is 2.25. The van der Waals surface area contributed by atoms with Crippen LogP contribution in [-0.4, -0.2) is 22.1 Å². The summed E-state index contributed by atoms with van der Waals surface area (Å²) in [5.41, 5.74) is 0. The van der Waals surface area contributed by atoms with Crippen LogP contribution in [0.3, 0.4) is 0 Å². The van der Waals surface area contributed by atoms with Gasteiger partial charge < -0.3 is 10.3 Å². The molecule has 16 heavy (non-hydrogen) atoms. The number of rotatable bonds is 3. The number of imidazole rings is 1. The lowest BCUT2D eigenvalue weighted by Gasteiger charge is -2.14. The number of halogens is 3. The predicted molar refractivity (Wildman–Crippen MR) is 51.8 cm³/mol. The molecule has 0 aliphatic rings. The van der Waals surface area contributed by atoms with Crippen LogP contribution in [0.1, 0.15) is 19.2 Å². The maximum absolute atomic E-state index is 12.2. The number of alkyl halides is 3. The third-order valence-electron chi connectivity index (χ3n) is 2.02. The fraction of sp³-hybridized carbons (Fsp3) is 0.556. The van der Waals surface area contributed by atoms with Crippen LogP contribution < -0.4 is 5.32 Å². The Morgan fingerprint density at radius 3 is 2.69 bits per heavy atom. The van der Waals surface area contributed by atoms with Crippen molar-refractivity contribution in [3.8, 4) is 0 Å². The van der Waals surface area contributed by atoms with Crippen LogP contribution in [0.15, 0.2) is 6.20 Å². The van der Waals surface area contributed by atoms with Gasteiger partial charge in [0, 0.05) is 12.6 Å². The van der Waals surface area contributed by atoms with Crippen LogP contribution in [0.4, 0.5) is 19.0 Å². The quantitative estimate of drug-likeness (QED) is 0.844. The van der Waals surface area contributed by atoms with Gasteiger partial charge in [-0.15, -0.1) is 0 Å². The molecule has 0 aromatic carbocycles. The van der Waals surface area contributed by atoms with Gasteiger partial charge in [-0.25, -0.2) is 4.98 Å². The number of anilines is 1. The van der Waals surface area contributed by atoms with Crippen molar-refractivity contribution in [1.29, 1.82) is 0 Å². The third-order valence-corrected chi connectivity index (χ3v) is 2.02. The molecular weight excluding hydrogens is 223 g/mol. The number of H-pyrrole nitrogens is 1. The SMILES string of the molecule is Cc1nc(NC(=O)CC(C)C(F)(F)F)c[nH]1.